The van der Waals surface area contributed by atoms with E-state index in [4.69, 9.17) is 10.5 Å². The first-order chi connectivity index (χ1) is 6.07. The van der Waals surface area contributed by atoms with Crippen LogP contribution < -0.4 is 5.73 Å². The van der Waals surface area contributed by atoms with Crippen molar-refractivity contribution >= 4 is 5.97 Å². The second kappa shape index (κ2) is 9.48. The Labute approximate surface area is 80.4 Å². The van der Waals surface area contributed by atoms with E-state index >= 15 is 0 Å². The molecule has 4 heteroatoms. The Morgan fingerprint density at radius 2 is 1.85 bits per heavy atom. The zero-order valence-electron chi connectivity index (χ0n) is 9.16. The highest BCUT2D eigenvalue weighted by Crippen LogP contribution is 1.92. The summed E-state index contributed by atoms with van der Waals surface area (Å²) in [6.07, 6.45) is -0.120. The molecule has 1 unspecified atom stereocenters. The lowest BCUT2D eigenvalue weighted by atomic mass is 10.3. The van der Waals surface area contributed by atoms with Crippen molar-refractivity contribution < 1.29 is 14.3 Å². The van der Waals surface area contributed by atoms with Gasteiger partial charge in [0.05, 0.1) is 12.7 Å². The van der Waals surface area contributed by atoms with Crippen LogP contribution in [-0.2, 0) is 14.3 Å². The van der Waals surface area contributed by atoms with Crippen molar-refractivity contribution in [3.05, 3.63) is 0 Å². The van der Waals surface area contributed by atoms with Gasteiger partial charge in [0.2, 0.25) is 0 Å². The molecule has 0 aromatic carbocycles. The molecule has 0 fully saturated rings. The van der Waals surface area contributed by atoms with Gasteiger partial charge in [-0.2, -0.15) is 0 Å². The number of ether oxygens (including phenoxy) is 2. The largest absolute Gasteiger partial charge is 0.462 e. The molecule has 0 aromatic heterocycles. The minimum Gasteiger partial charge on any atom is -0.462 e. The maximum Gasteiger partial charge on any atom is 0.325 e. The molecule has 2 N–H and O–H groups in total. The molecule has 13 heavy (non-hydrogen) atoms. The summed E-state index contributed by atoms with van der Waals surface area (Å²) in [6.45, 7) is 7.75. The maximum absolute atomic E-state index is 10.9. The average molecular weight is 191 g/mol. The van der Waals surface area contributed by atoms with Gasteiger partial charge in [0, 0.05) is 7.11 Å². The lowest BCUT2D eigenvalue weighted by Crippen LogP contribution is -2.37. The van der Waals surface area contributed by atoms with Crippen molar-refractivity contribution in [2.75, 3.05) is 13.7 Å². The lowest BCUT2D eigenvalue weighted by molar-refractivity contribution is -0.150. The predicted molar refractivity (Wildman–Crippen MR) is 52.4 cm³/mol. The number of esters is 1. The number of methoxy groups -OCH3 is 1. The highest BCUT2D eigenvalue weighted by Gasteiger charge is 2.15. The zero-order valence-corrected chi connectivity index (χ0v) is 9.16. The van der Waals surface area contributed by atoms with Gasteiger partial charge in [-0.15, -0.1) is 0 Å². The molecule has 0 rings (SSSR count). The van der Waals surface area contributed by atoms with Crippen LogP contribution in [0.15, 0.2) is 0 Å². The Morgan fingerprint density at radius 1 is 1.38 bits per heavy atom. The van der Waals surface area contributed by atoms with Gasteiger partial charge in [-0.05, 0) is 13.8 Å². The van der Waals surface area contributed by atoms with Crippen molar-refractivity contribution in [2.24, 2.45) is 5.73 Å². The van der Waals surface area contributed by atoms with Crippen LogP contribution in [0.25, 0.3) is 0 Å². The molecule has 0 saturated carbocycles. The standard InChI is InChI=1S/C7H15NO3.C2H6/c1-5(2)11-7(9)6(8)4-10-3;1-2/h5-6H,4,8H2,1-3H3;1-2H3. The number of hydrogen-bond donors (Lipinski definition) is 1. The van der Waals surface area contributed by atoms with E-state index in [2.05, 4.69) is 4.74 Å². The first kappa shape index (κ1) is 14.9. The van der Waals surface area contributed by atoms with E-state index in [1.807, 2.05) is 13.8 Å². The molecule has 0 heterocycles. The van der Waals surface area contributed by atoms with E-state index in [0.717, 1.165) is 0 Å². The lowest BCUT2D eigenvalue weighted by Gasteiger charge is -2.12. The van der Waals surface area contributed by atoms with E-state index in [-0.39, 0.29) is 12.7 Å². The van der Waals surface area contributed by atoms with Crippen LogP contribution in [-0.4, -0.2) is 31.8 Å². The van der Waals surface area contributed by atoms with Crippen molar-refractivity contribution in [2.45, 2.75) is 39.8 Å². The van der Waals surface area contributed by atoms with E-state index in [9.17, 15) is 4.79 Å². The van der Waals surface area contributed by atoms with Crippen LogP contribution in [0.3, 0.4) is 0 Å². The monoisotopic (exact) mass is 191 g/mol. The molecular formula is C9H21NO3. The third-order valence-corrected chi connectivity index (χ3v) is 1.00. The normalized spacial score (nSPS) is 11.6. The van der Waals surface area contributed by atoms with Crippen LogP contribution in [0.2, 0.25) is 0 Å². The second-order valence-electron chi connectivity index (χ2n) is 2.55. The third kappa shape index (κ3) is 9.30. The van der Waals surface area contributed by atoms with Gasteiger partial charge in [-0.25, -0.2) is 0 Å². The molecule has 0 bridgehead atoms. The smallest absolute Gasteiger partial charge is 0.325 e. The summed E-state index contributed by atoms with van der Waals surface area (Å²) in [4.78, 5) is 10.9. The summed E-state index contributed by atoms with van der Waals surface area (Å²) in [5.74, 6) is -0.415. The Kier molecular flexibility index (Phi) is 10.9. The Balaban J connectivity index is 0. The van der Waals surface area contributed by atoms with Gasteiger partial charge in [-0.3, -0.25) is 4.79 Å². The summed E-state index contributed by atoms with van der Waals surface area (Å²) in [5, 5.41) is 0. The molecule has 0 amide bonds. The molecule has 0 spiro atoms. The Morgan fingerprint density at radius 3 is 2.15 bits per heavy atom. The molecule has 80 valence electrons. The SMILES string of the molecule is CC.COCC(N)C(=O)OC(C)C. The predicted octanol–water partition coefficient (Wildman–Crippen LogP) is 0.938. The minimum atomic E-state index is -0.664. The number of carbonyl (C=O) groups is 1. The van der Waals surface area contributed by atoms with Gasteiger partial charge >= 0.3 is 5.97 Å². The summed E-state index contributed by atoms with van der Waals surface area (Å²) in [6, 6.07) is -0.664. The topological polar surface area (TPSA) is 61.5 Å². The molecular weight excluding hydrogens is 170 g/mol. The molecule has 1 atom stereocenters. The van der Waals surface area contributed by atoms with E-state index in [1.165, 1.54) is 7.11 Å². The third-order valence-electron chi connectivity index (χ3n) is 1.00. The fourth-order valence-electron chi connectivity index (χ4n) is 0.567. The fourth-order valence-corrected chi connectivity index (χ4v) is 0.567. The van der Waals surface area contributed by atoms with Gasteiger partial charge < -0.3 is 15.2 Å². The van der Waals surface area contributed by atoms with E-state index in [1.54, 1.807) is 13.8 Å². The van der Waals surface area contributed by atoms with Crippen molar-refractivity contribution in [1.29, 1.82) is 0 Å². The maximum atomic E-state index is 10.9. The van der Waals surface area contributed by atoms with Gasteiger partial charge in [0.15, 0.2) is 0 Å². The van der Waals surface area contributed by atoms with Crippen molar-refractivity contribution in [3.8, 4) is 0 Å². The number of nitrogens with two attached hydrogens (primary N) is 1. The number of carbonyl (C=O) groups excluding carboxylic acids is 1. The Bertz CT molecular complexity index is 126. The van der Waals surface area contributed by atoms with Crippen LogP contribution in [0.5, 0.6) is 0 Å². The van der Waals surface area contributed by atoms with Crippen LogP contribution >= 0.6 is 0 Å². The van der Waals surface area contributed by atoms with Crippen LogP contribution in [0, 0.1) is 0 Å². The summed E-state index contributed by atoms with van der Waals surface area (Å²) in [7, 11) is 1.49. The van der Waals surface area contributed by atoms with E-state index in [0.29, 0.717) is 0 Å². The number of rotatable bonds is 4. The number of hydrogen-bond acceptors (Lipinski definition) is 4. The molecule has 0 aliphatic heterocycles. The molecule has 0 aromatic rings. The van der Waals surface area contributed by atoms with Gasteiger partial charge in [-0.1, -0.05) is 13.8 Å². The van der Waals surface area contributed by atoms with Crippen LogP contribution in [0.4, 0.5) is 0 Å². The van der Waals surface area contributed by atoms with Crippen molar-refractivity contribution in [1.82, 2.24) is 0 Å². The van der Waals surface area contributed by atoms with Crippen LogP contribution in [0.1, 0.15) is 27.7 Å². The second-order valence-corrected chi connectivity index (χ2v) is 2.55. The molecule has 4 nitrogen and oxygen atoms in total. The average Bonchev–Trinajstić information content (AvgIpc) is 2.07. The summed E-state index contributed by atoms with van der Waals surface area (Å²) >= 11 is 0. The fraction of sp³-hybridized carbons (Fsp3) is 0.889. The molecule has 0 aliphatic carbocycles. The first-order valence-electron chi connectivity index (χ1n) is 4.53. The Hall–Kier alpha value is -0.610. The quantitative estimate of drug-likeness (QED) is 0.672. The zero-order chi connectivity index (χ0) is 10.9. The summed E-state index contributed by atoms with van der Waals surface area (Å²) < 4.78 is 9.50. The minimum absolute atomic E-state index is 0.120. The van der Waals surface area contributed by atoms with Gasteiger partial charge in [0.25, 0.3) is 0 Å². The van der Waals surface area contributed by atoms with E-state index < -0.39 is 12.0 Å². The van der Waals surface area contributed by atoms with Crippen molar-refractivity contribution in [3.63, 3.8) is 0 Å². The molecule has 0 radical (unpaired) electrons. The molecule has 0 aliphatic rings. The highest BCUT2D eigenvalue weighted by molar-refractivity contribution is 5.75. The molecule has 0 saturated heterocycles. The highest BCUT2D eigenvalue weighted by atomic mass is 16.5. The summed E-state index contributed by atoms with van der Waals surface area (Å²) in [5.41, 5.74) is 5.38. The van der Waals surface area contributed by atoms with Gasteiger partial charge in [0.1, 0.15) is 6.04 Å². The first-order valence-corrected chi connectivity index (χ1v) is 4.53.